The summed E-state index contributed by atoms with van der Waals surface area (Å²) in [5.41, 5.74) is 0. The number of nitrogens with one attached hydrogen (secondary N) is 1. The fourth-order valence-corrected chi connectivity index (χ4v) is 2.55. The van der Waals surface area contributed by atoms with Gasteiger partial charge in [-0.25, -0.2) is 4.79 Å². The van der Waals surface area contributed by atoms with Crippen LogP contribution in [0.25, 0.3) is 0 Å². The molecule has 0 aromatic heterocycles. The van der Waals surface area contributed by atoms with Gasteiger partial charge >= 0.3 is 6.03 Å². The first-order valence-corrected chi connectivity index (χ1v) is 7.14. The number of ether oxygens (including phenoxy) is 2. The molecule has 1 N–H and O–H groups in total. The number of methoxy groups -OCH3 is 1. The largest absolute Gasteiger partial charge is 0.383 e. The van der Waals surface area contributed by atoms with E-state index in [0.29, 0.717) is 32.3 Å². The van der Waals surface area contributed by atoms with Gasteiger partial charge in [-0.3, -0.25) is 0 Å². The Labute approximate surface area is 115 Å². The van der Waals surface area contributed by atoms with Gasteiger partial charge in [-0.05, 0) is 12.8 Å². The molecular formula is C13H25N3O3. The van der Waals surface area contributed by atoms with Crippen LogP contribution in [-0.4, -0.2) is 81.5 Å². The normalized spacial score (nSPS) is 22.5. The minimum Gasteiger partial charge on any atom is -0.383 e. The van der Waals surface area contributed by atoms with Gasteiger partial charge in [-0.1, -0.05) is 0 Å². The van der Waals surface area contributed by atoms with Crippen molar-refractivity contribution in [2.45, 2.75) is 18.9 Å². The van der Waals surface area contributed by atoms with Crippen molar-refractivity contribution in [3.8, 4) is 0 Å². The van der Waals surface area contributed by atoms with Crippen LogP contribution in [0.2, 0.25) is 0 Å². The minimum atomic E-state index is 0.0682. The van der Waals surface area contributed by atoms with E-state index in [1.54, 1.807) is 7.11 Å². The number of carbonyl (C=O) groups excluding carboxylic acids is 1. The van der Waals surface area contributed by atoms with Crippen LogP contribution < -0.4 is 5.32 Å². The summed E-state index contributed by atoms with van der Waals surface area (Å²) in [7, 11) is 1.73. The van der Waals surface area contributed by atoms with Gasteiger partial charge in [0.05, 0.1) is 19.8 Å². The molecule has 2 heterocycles. The van der Waals surface area contributed by atoms with Crippen LogP contribution in [0.5, 0.6) is 0 Å². The number of carbonyl (C=O) groups is 1. The lowest BCUT2D eigenvalue weighted by molar-refractivity contribution is 0.0514. The van der Waals surface area contributed by atoms with Crippen LogP contribution in [0, 0.1) is 0 Å². The number of nitrogens with zero attached hydrogens (tertiary/aromatic N) is 2. The topological polar surface area (TPSA) is 54.0 Å². The maximum atomic E-state index is 12.0. The van der Waals surface area contributed by atoms with Gasteiger partial charge in [-0.15, -0.1) is 0 Å². The van der Waals surface area contributed by atoms with Gasteiger partial charge in [0.25, 0.3) is 0 Å². The monoisotopic (exact) mass is 271 g/mol. The molecule has 0 unspecified atom stereocenters. The predicted octanol–water partition coefficient (Wildman–Crippen LogP) is 0.139. The highest BCUT2D eigenvalue weighted by molar-refractivity contribution is 5.74. The Morgan fingerprint density at radius 1 is 1.26 bits per heavy atom. The molecule has 0 aromatic carbocycles. The van der Waals surface area contributed by atoms with Gasteiger partial charge in [-0.2, -0.15) is 0 Å². The van der Waals surface area contributed by atoms with E-state index in [-0.39, 0.29) is 6.03 Å². The van der Waals surface area contributed by atoms with Crippen molar-refractivity contribution in [1.82, 2.24) is 15.1 Å². The Hall–Kier alpha value is -0.850. The summed E-state index contributed by atoms with van der Waals surface area (Å²) in [5.74, 6) is 0. The Morgan fingerprint density at radius 2 is 1.95 bits per heavy atom. The molecule has 0 radical (unpaired) electrons. The number of hydrogen-bond donors (Lipinski definition) is 1. The Morgan fingerprint density at radius 3 is 2.58 bits per heavy atom. The van der Waals surface area contributed by atoms with Gasteiger partial charge in [0.15, 0.2) is 0 Å². The lowest BCUT2D eigenvalue weighted by Gasteiger charge is -2.34. The van der Waals surface area contributed by atoms with Crippen molar-refractivity contribution in [1.29, 1.82) is 0 Å². The highest BCUT2D eigenvalue weighted by atomic mass is 16.5. The van der Waals surface area contributed by atoms with E-state index < -0.39 is 0 Å². The van der Waals surface area contributed by atoms with E-state index in [1.807, 2.05) is 4.90 Å². The Bertz CT molecular complexity index is 274. The predicted molar refractivity (Wildman–Crippen MR) is 72.3 cm³/mol. The molecule has 0 saturated carbocycles. The summed E-state index contributed by atoms with van der Waals surface area (Å²) in [6.07, 6.45) is 2.06. The highest BCUT2D eigenvalue weighted by Gasteiger charge is 2.23. The second-order valence-electron chi connectivity index (χ2n) is 5.16. The molecule has 2 amide bonds. The van der Waals surface area contributed by atoms with Crippen LogP contribution in [-0.2, 0) is 9.47 Å². The first kappa shape index (κ1) is 14.6. The zero-order valence-corrected chi connectivity index (χ0v) is 11.8. The zero-order valence-electron chi connectivity index (χ0n) is 11.8. The molecule has 0 spiro atoms. The number of likely N-dealkylation sites (tertiary alicyclic amines) is 1. The molecule has 2 rings (SSSR count). The van der Waals surface area contributed by atoms with Gasteiger partial charge in [0, 0.05) is 45.9 Å². The summed E-state index contributed by atoms with van der Waals surface area (Å²) in [4.78, 5) is 16.3. The highest BCUT2D eigenvalue weighted by Crippen LogP contribution is 2.10. The van der Waals surface area contributed by atoms with Crippen molar-refractivity contribution >= 4 is 6.03 Å². The van der Waals surface area contributed by atoms with Crippen molar-refractivity contribution in [2.75, 3.05) is 59.7 Å². The smallest absolute Gasteiger partial charge is 0.317 e. The molecule has 0 atom stereocenters. The van der Waals surface area contributed by atoms with Crippen LogP contribution in [0.3, 0.4) is 0 Å². The number of rotatable bonds is 4. The number of piperidine rings is 1. The third-order valence-electron chi connectivity index (χ3n) is 3.83. The molecule has 19 heavy (non-hydrogen) atoms. The van der Waals surface area contributed by atoms with Crippen molar-refractivity contribution < 1.29 is 14.3 Å². The lowest BCUT2D eigenvalue weighted by atomic mass is 10.1. The SMILES string of the molecule is COCCN1CCC(NC(=O)N2CCOCC2)CC1. The molecule has 0 bridgehead atoms. The Kier molecular flexibility index (Phi) is 5.88. The zero-order chi connectivity index (χ0) is 13.5. The van der Waals surface area contributed by atoms with Gasteiger partial charge < -0.3 is 24.6 Å². The van der Waals surface area contributed by atoms with E-state index >= 15 is 0 Å². The molecule has 6 heteroatoms. The molecule has 0 aliphatic carbocycles. The van der Waals surface area contributed by atoms with E-state index in [2.05, 4.69) is 10.2 Å². The van der Waals surface area contributed by atoms with E-state index in [4.69, 9.17) is 9.47 Å². The first-order chi connectivity index (χ1) is 9.29. The van der Waals surface area contributed by atoms with Crippen LogP contribution in [0.4, 0.5) is 4.79 Å². The van der Waals surface area contributed by atoms with Crippen LogP contribution in [0.15, 0.2) is 0 Å². The number of hydrogen-bond acceptors (Lipinski definition) is 4. The fourth-order valence-electron chi connectivity index (χ4n) is 2.55. The lowest BCUT2D eigenvalue weighted by Crippen LogP contribution is -2.52. The first-order valence-electron chi connectivity index (χ1n) is 7.14. The quantitative estimate of drug-likeness (QED) is 0.790. The maximum absolute atomic E-state index is 12.0. The molecule has 2 saturated heterocycles. The van der Waals surface area contributed by atoms with E-state index in [9.17, 15) is 4.79 Å². The third kappa shape index (κ3) is 4.63. The molecule has 110 valence electrons. The summed E-state index contributed by atoms with van der Waals surface area (Å²) in [5, 5.41) is 3.14. The number of amides is 2. The van der Waals surface area contributed by atoms with Crippen molar-refractivity contribution in [2.24, 2.45) is 0 Å². The second kappa shape index (κ2) is 7.67. The van der Waals surface area contributed by atoms with E-state index in [1.165, 1.54) is 0 Å². The third-order valence-corrected chi connectivity index (χ3v) is 3.83. The van der Waals surface area contributed by atoms with Gasteiger partial charge in [0.1, 0.15) is 0 Å². The second-order valence-corrected chi connectivity index (χ2v) is 5.16. The molecule has 2 aliphatic rings. The summed E-state index contributed by atoms with van der Waals surface area (Å²) in [6, 6.07) is 0.382. The van der Waals surface area contributed by atoms with Gasteiger partial charge in [0.2, 0.25) is 0 Å². The molecule has 0 aromatic rings. The fraction of sp³-hybridized carbons (Fsp3) is 0.923. The standard InChI is InChI=1S/C13H25N3O3/c1-18-9-6-15-4-2-12(3-5-15)14-13(17)16-7-10-19-11-8-16/h12H,2-11H2,1H3,(H,14,17). The molecule has 2 aliphatic heterocycles. The summed E-state index contributed by atoms with van der Waals surface area (Å²) >= 11 is 0. The van der Waals surface area contributed by atoms with Crippen LogP contribution >= 0.6 is 0 Å². The summed E-state index contributed by atoms with van der Waals surface area (Å²) in [6.45, 7) is 6.57. The minimum absolute atomic E-state index is 0.0682. The maximum Gasteiger partial charge on any atom is 0.317 e. The average Bonchev–Trinajstić information content (AvgIpc) is 2.47. The van der Waals surface area contributed by atoms with Crippen molar-refractivity contribution in [3.05, 3.63) is 0 Å². The number of urea groups is 1. The molecular weight excluding hydrogens is 246 g/mol. The Balaban J connectivity index is 1.65. The molecule has 2 fully saturated rings. The van der Waals surface area contributed by atoms with Crippen LogP contribution in [0.1, 0.15) is 12.8 Å². The van der Waals surface area contributed by atoms with E-state index in [0.717, 1.165) is 39.1 Å². The van der Waals surface area contributed by atoms with Crippen molar-refractivity contribution in [3.63, 3.8) is 0 Å². The summed E-state index contributed by atoms with van der Waals surface area (Å²) < 4.78 is 10.3. The average molecular weight is 271 g/mol. The molecule has 6 nitrogen and oxygen atoms in total. The number of morpholine rings is 1.